The molecule has 0 unspecified atom stereocenters. The Hall–Kier alpha value is -2.50. The van der Waals surface area contributed by atoms with E-state index in [1.165, 1.54) is 0 Å². The predicted molar refractivity (Wildman–Crippen MR) is 80.8 cm³/mol. The number of carbonyl (C=O) groups excluding carboxylic acids is 1. The van der Waals surface area contributed by atoms with E-state index in [9.17, 15) is 4.79 Å². The summed E-state index contributed by atoms with van der Waals surface area (Å²) in [6.45, 7) is 5.79. The largest absolute Gasteiger partial charge is 0.350 e. The molecule has 110 valence electrons. The van der Waals surface area contributed by atoms with Crippen molar-refractivity contribution in [1.29, 1.82) is 0 Å². The van der Waals surface area contributed by atoms with Gasteiger partial charge in [-0.05, 0) is 31.5 Å². The van der Waals surface area contributed by atoms with E-state index in [0.717, 1.165) is 5.56 Å². The summed E-state index contributed by atoms with van der Waals surface area (Å²) in [5, 5.41) is 3.10. The molecule has 2 aromatic heterocycles. The maximum atomic E-state index is 12.2. The van der Waals surface area contributed by atoms with E-state index >= 15 is 0 Å². The van der Waals surface area contributed by atoms with Crippen molar-refractivity contribution in [3.8, 4) is 0 Å². The molecule has 0 aromatic carbocycles. The summed E-state index contributed by atoms with van der Waals surface area (Å²) in [5.74, 6) is 0.365. The van der Waals surface area contributed by atoms with Crippen molar-refractivity contribution in [2.75, 3.05) is 18.4 Å². The van der Waals surface area contributed by atoms with Crippen molar-refractivity contribution < 1.29 is 4.79 Å². The summed E-state index contributed by atoms with van der Waals surface area (Å²) in [7, 11) is 0. The van der Waals surface area contributed by atoms with Gasteiger partial charge in [-0.2, -0.15) is 0 Å². The molecule has 2 aromatic rings. The minimum Gasteiger partial charge on any atom is -0.350 e. The zero-order chi connectivity index (χ0) is 15.1. The van der Waals surface area contributed by atoms with Crippen molar-refractivity contribution in [1.82, 2.24) is 19.9 Å². The SMILES string of the molecule is CCN(CC)C(=O)c1ccnc(NCc2cccnc2)n1. The highest BCUT2D eigenvalue weighted by molar-refractivity contribution is 5.92. The predicted octanol–water partition coefficient (Wildman–Crippen LogP) is 1.97. The van der Waals surface area contributed by atoms with Gasteiger partial charge < -0.3 is 10.2 Å². The summed E-state index contributed by atoms with van der Waals surface area (Å²) in [6, 6.07) is 5.47. The molecule has 0 fully saturated rings. The van der Waals surface area contributed by atoms with Crippen LogP contribution in [0.3, 0.4) is 0 Å². The number of carbonyl (C=O) groups is 1. The van der Waals surface area contributed by atoms with Crippen LogP contribution in [0.4, 0.5) is 5.95 Å². The Bertz CT molecular complexity index is 584. The van der Waals surface area contributed by atoms with Crippen LogP contribution in [-0.4, -0.2) is 38.8 Å². The Balaban J connectivity index is 2.05. The molecule has 0 aliphatic rings. The molecule has 0 radical (unpaired) electrons. The van der Waals surface area contributed by atoms with E-state index < -0.39 is 0 Å². The van der Waals surface area contributed by atoms with E-state index in [1.807, 2.05) is 26.0 Å². The topological polar surface area (TPSA) is 71.0 Å². The normalized spacial score (nSPS) is 10.2. The van der Waals surface area contributed by atoms with Crippen LogP contribution in [0.1, 0.15) is 29.9 Å². The maximum absolute atomic E-state index is 12.2. The zero-order valence-electron chi connectivity index (χ0n) is 12.3. The molecule has 21 heavy (non-hydrogen) atoms. The molecule has 0 aliphatic carbocycles. The van der Waals surface area contributed by atoms with Crippen LogP contribution < -0.4 is 5.32 Å². The molecule has 0 saturated heterocycles. The van der Waals surface area contributed by atoms with E-state index in [-0.39, 0.29) is 5.91 Å². The maximum Gasteiger partial charge on any atom is 0.272 e. The van der Waals surface area contributed by atoms with E-state index in [1.54, 1.807) is 29.6 Å². The first-order valence-corrected chi connectivity index (χ1v) is 6.99. The van der Waals surface area contributed by atoms with Gasteiger partial charge in [-0.25, -0.2) is 9.97 Å². The van der Waals surface area contributed by atoms with Crippen LogP contribution in [0.5, 0.6) is 0 Å². The van der Waals surface area contributed by atoms with Gasteiger partial charge in [0.25, 0.3) is 5.91 Å². The Morgan fingerprint density at radius 3 is 2.71 bits per heavy atom. The number of rotatable bonds is 6. The van der Waals surface area contributed by atoms with Gasteiger partial charge in [0.05, 0.1) is 0 Å². The summed E-state index contributed by atoms with van der Waals surface area (Å²) >= 11 is 0. The second-order valence-corrected chi connectivity index (χ2v) is 4.46. The van der Waals surface area contributed by atoms with E-state index in [2.05, 4.69) is 20.3 Å². The van der Waals surface area contributed by atoms with Crippen LogP contribution in [0.2, 0.25) is 0 Å². The summed E-state index contributed by atoms with van der Waals surface area (Å²) in [4.78, 5) is 26.4. The third kappa shape index (κ3) is 3.98. The highest BCUT2D eigenvalue weighted by Crippen LogP contribution is 2.06. The first-order chi connectivity index (χ1) is 10.2. The third-order valence-corrected chi connectivity index (χ3v) is 3.10. The highest BCUT2D eigenvalue weighted by Gasteiger charge is 2.14. The molecule has 0 bridgehead atoms. The summed E-state index contributed by atoms with van der Waals surface area (Å²) < 4.78 is 0. The van der Waals surface area contributed by atoms with Crippen LogP contribution in [-0.2, 0) is 6.54 Å². The average molecular weight is 285 g/mol. The fourth-order valence-corrected chi connectivity index (χ4v) is 1.92. The number of nitrogens with one attached hydrogen (secondary N) is 1. The van der Waals surface area contributed by atoms with E-state index in [4.69, 9.17) is 0 Å². The minimum atomic E-state index is -0.0770. The van der Waals surface area contributed by atoms with Gasteiger partial charge in [-0.15, -0.1) is 0 Å². The highest BCUT2D eigenvalue weighted by atomic mass is 16.2. The summed E-state index contributed by atoms with van der Waals surface area (Å²) in [5.41, 5.74) is 1.43. The molecule has 0 aliphatic heterocycles. The Morgan fingerprint density at radius 2 is 2.05 bits per heavy atom. The van der Waals surface area contributed by atoms with Crippen molar-refractivity contribution >= 4 is 11.9 Å². The molecule has 0 atom stereocenters. The third-order valence-electron chi connectivity index (χ3n) is 3.10. The lowest BCUT2D eigenvalue weighted by molar-refractivity contribution is 0.0767. The molecular formula is C15H19N5O. The molecule has 1 amide bonds. The molecule has 0 saturated carbocycles. The van der Waals surface area contributed by atoms with Gasteiger partial charge >= 0.3 is 0 Å². The number of nitrogens with zero attached hydrogens (tertiary/aromatic N) is 4. The number of hydrogen-bond donors (Lipinski definition) is 1. The van der Waals surface area contributed by atoms with Crippen LogP contribution in [0.25, 0.3) is 0 Å². The van der Waals surface area contributed by atoms with Crippen LogP contribution in [0, 0.1) is 0 Å². The monoisotopic (exact) mass is 285 g/mol. The molecular weight excluding hydrogens is 266 g/mol. The van der Waals surface area contributed by atoms with Gasteiger partial charge in [0.15, 0.2) is 0 Å². The fraction of sp³-hybridized carbons (Fsp3) is 0.333. The molecule has 0 spiro atoms. The smallest absolute Gasteiger partial charge is 0.272 e. The van der Waals surface area contributed by atoms with Gasteiger partial charge in [-0.3, -0.25) is 9.78 Å². The average Bonchev–Trinajstić information content (AvgIpc) is 2.55. The lowest BCUT2D eigenvalue weighted by Crippen LogP contribution is -2.31. The van der Waals surface area contributed by atoms with Gasteiger partial charge in [0.1, 0.15) is 5.69 Å². The van der Waals surface area contributed by atoms with Crippen LogP contribution in [0.15, 0.2) is 36.8 Å². The second kappa shape index (κ2) is 7.33. The molecule has 2 heterocycles. The quantitative estimate of drug-likeness (QED) is 0.878. The molecule has 6 nitrogen and oxygen atoms in total. The fourth-order valence-electron chi connectivity index (χ4n) is 1.92. The first kappa shape index (κ1) is 14.9. The van der Waals surface area contributed by atoms with Gasteiger partial charge in [0, 0.05) is 38.2 Å². The first-order valence-electron chi connectivity index (χ1n) is 6.99. The number of aromatic nitrogens is 3. The van der Waals surface area contributed by atoms with E-state index in [0.29, 0.717) is 31.3 Å². The molecule has 2 rings (SSSR count). The molecule has 1 N–H and O–H groups in total. The number of amides is 1. The van der Waals surface area contributed by atoms with Gasteiger partial charge in [0.2, 0.25) is 5.95 Å². The van der Waals surface area contributed by atoms with Crippen molar-refractivity contribution in [3.05, 3.63) is 48.0 Å². The van der Waals surface area contributed by atoms with Gasteiger partial charge in [-0.1, -0.05) is 6.07 Å². The van der Waals surface area contributed by atoms with Crippen molar-refractivity contribution in [3.63, 3.8) is 0 Å². The second-order valence-electron chi connectivity index (χ2n) is 4.46. The Labute approximate surface area is 124 Å². The number of hydrogen-bond acceptors (Lipinski definition) is 5. The lowest BCUT2D eigenvalue weighted by Gasteiger charge is -2.18. The standard InChI is InChI=1S/C15H19N5O/c1-3-20(4-2)14(21)13-7-9-17-15(19-13)18-11-12-6-5-8-16-10-12/h5-10H,3-4,11H2,1-2H3,(H,17,18,19). The zero-order valence-corrected chi connectivity index (χ0v) is 12.3. The van der Waals surface area contributed by atoms with Crippen molar-refractivity contribution in [2.45, 2.75) is 20.4 Å². The molecule has 6 heteroatoms. The van der Waals surface area contributed by atoms with Crippen molar-refractivity contribution in [2.24, 2.45) is 0 Å². The summed E-state index contributed by atoms with van der Waals surface area (Å²) in [6.07, 6.45) is 5.09. The Morgan fingerprint density at radius 1 is 1.24 bits per heavy atom. The minimum absolute atomic E-state index is 0.0770. The number of pyridine rings is 1. The lowest BCUT2D eigenvalue weighted by atomic mass is 10.3. The Kier molecular flexibility index (Phi) is 5.20. The number of anilines is 1. The van der Waals surface area contributed by atoms with Crippen LogP contribution >= 0.6 is 0 Å².